The number of anilines is 1. The van der Waals surface area contributed by atoms with Gasteiger partial charge in [0.25, 0.3) is 0 Å². The molecule has 0 atom stereocenters. The summed E-state index contributed by atoms with van der Waals surface area (Å²) in [6.45, 7) is 3.63. The number of benzene rings is 3. The van der Waals surface area contributed by atoms with E-state index in [2.05, 4.69) is 10.3 Å². The van der Waals surface area contributed by atoms with Crippen molar-refractivity contribution in [3.63, 3.8) is 0 Å². The van der Waals surface area contributed by atoms with Gasteiger partial charge in [0.2, 0.25) is 5.91 Å². The number of aryl methyl sites for hydroxylation is 2. The van der Waals surface area contributed by atoms with Crippen LogP contribution in [-0.4, -0.2) is 15.5 Å². The topological polar surface area (TPSA) is 64.0 Å². The third-order valence-corrected chi connectivity index (χ3v) is 5.26. The van der Waals surface area contributed by atoms with Gasteiger partial charge in [0.1, 0.15) is 12.4 Å². The van der Waals surface area contributed by atoms with Crippen molar-refractivity contribution >= 4 is 34.1 Å². The Bertz CT molecular complexity index is 1380. The molecular formula is C24H19ClFN3O2. The van der Waals surface area contributed by atoms with E-state index in [1.54, 1.807) is 36.4 Å². The minimum Gasteiger partial charge on any atom is -0.324 e. The van der Waals surface area contributed by atoms with Gasteiger partial charge in [-0.2, -0.15) is 4.98 Å². The minimum absolute atomic E-state index is 0.187. The number of nitrogens with zero attached hydrogens (tertiary/aromatic N) is 2. The maximum atomic E-state index is 14.4. The summed E-state index contributed by atoms with van der Waals surface area (Å²) in [6.07, 6.45) is 0. The second-order valence-electron chi connectivity index (χ2n) is 7.34. The molecule has 4 aromatic rings. The van der Waals surface area contributed by atoms with Gasteiger partial charge in [0.05, 0.1) is 11.2 Å². The van der Waals surface area contributed by atoms with E-state index in [9.17, 15) is 14.0 Å². The number of fused-ring (bicyclic) bond motifs is 1. The zero-order chi connectivity index (χ0) is 22.1. The molecule has 156 valence electrons. The van der Waals surface area contributed by atoms with Gasteiger partial charge >= 0.3 is 5.69 Å². The Morgan fingerprint density at radius 2 is 1.87 bits per heavy atom. The molecular weight excluding hydrogens is 417 g/mol. The molecule has 4 rings (SSSR count). The summed E-state index contributed by atoms with van der Waals surface area (Å²) in [7, 11) is 0. The van der Waals surface area contributed by atoms with Crippen molar-refractivity contribution in [2.24, 2.45) is 0 Å². The molecule has 0 aliphatic heterocycles. The lowest BCUT2D eigenvalue weighted by atomic mass is 10.1. The number of amides is 1. The molecule has 7 heteroatoms. The first-order valence-corrected chi connectivity index (χ1v) is 10.0. The first-order chi connectivity index (χ1) is 14.8. The average molecular weight is 436 g/mol. The molecule has 0 saturated heterocycles. The third kappa shape index (κ3) is 4.20. The molecule has 1 heterocycles. The van der Waals surface area contributed by atoms with E-state index in [4.69, 9.17) is 11.6 Å². The number of aromatic nitrogens is 2. The van der Waals surface area contributed by atoms with Crippen molar-refractivity contribution in [1.29, 1.82) is 0 Å². The Labute approximate surface area is 183 Å². The number of rotatable bonds is 4. The zero-order valence-electron chi connectivity index (χ0n) is 16.9. The standard InChI is InChI=1S/C24H19ClFN3O2/c1-14-7-9-20(15(2)11-14)27-22(30)13-29-21-10-8-16(25)12-18(21)23(28-24(29)31)17-5-3-4-6-19(17)26/h3-12H,13H2,1-2H3,(H,27,30). The molecule has 0 fully saturated rings. The number of carbonyl (C=O) groups excluding carboxylic acids is 1. The van der Waals surface area contributed by atoms with Crippen LogP contribution >= 0.6 is 11.6 Å². The van der Waals surface area contributed by atoms with E-state index in [-0.39, 0.29) is 23.7 Å². The normalized spacial score (nSPS) is 11.0. The third-order valence-electron chi connectivity index (χ3n) is 5.03. The number of hydrogen-bond acceptors (Lipinski definition) is 3. The Morgan fingerprint density at radius 3 is 2.61 bits per heavy atom. The van der Waals surface area contributed by atoms with Crippen LogP contribution in [0.25, 0.3) is 22.2 Å². The lowest BCUT2D eigenvalue weighted by Crippen LogP contribution is -2.30. The van der Waals surface area contributed by atoms with Crippen LogP contribution in [0.3, 0.4) is 0 Å². The molecule has 0 bridgehead atoms. The van der Waals surface area contributed by atoms with E-state index < -0.39 is 11.5 Å². The molecule has 1 aromatic heterocycles. The van der Waals surface area contributed by atoms with Crippen molar-refractivity contribution in [2.75, 3.05) is 5.32 Å². The van der Waals surface area contributed by atoms with E-state index >= 15 is 0 Å². The summed E-state index contributed by atoms with van der Waals surface area (Å²) in [5.74, 6) is -0.869. The Hall–Kier alpha value is -3.51. The largest absolute Gasteiger partial charge is 0.349 e. The SMILES string of the molecule is Cc1ccc(NC(=O)Cn2c(=O)nc(-c3ccccc3F)c3cc(Cl)ccc32)c(C)c1. The summed E-state index contributed by atoms with van der Waals surface area (Å²) < 4.78 is 15.7. The molecule has 1 N–H and O–H groups in total. The zero-order valence-corrected chi connectivity index (χ0v) is 17.7. The van der Waals surface area contributed by atoms with Crippen LogP contribution in [0.1, 0.15) is 11.1 Å². The molecule has 0 saturated carbocycles. The second-order valence-corrected chi connectivity index (χ2v) is 7.77. The fourth-order valence-electron chi connectivity index (χ4n) is 3.55. The van der Waals surface area contributed by atoms with Crippen molar-refractivity contribution in [1.82, 2.24) is 9.55 Å². The van der Waals surface area contributed by atoms with Crippen LogP contribution in [0.2, 0.25) is 5.02 Å². The fraction of sp³-hybridized carbons (Fsp3) is 0.125. The summed E-state index contributed by atoms with van der Waals surface area (Å²) in [5.41, 5.74) is 2.85. The van der Waals surface area contributed by atoms with Gasteiger partial charge < -0.3 is 5.32 Å². The summed E-state index contributed by atoms with van der Waals surface area (Å²) in [4.78, 5) is 29.6. The van der Waals surface area contributed by atoms with Gasteiger partial charge in [0, 0.05) is 21.7 Å². The quantitative estimate of drug-likeness (QED) is 0.484. The molecule has 31 heavy (non-hydrogen) atoms. The van der Waals surface area contributed by atoms with Crippen LogP contribution < -0.4 is 11.0 Å². The van der Waals surface area contributed by atoms with E-state index in [0.717, 1.165) is 11.1 Å². The molecule has 5 nitrogen and oxygen atoms in total. The predicted molar refractivity (Wildman–Crippen MR) is 121 cm³/mol. The second kappa shape index (κ2) is 8.32. The van der Waals surface area contributed by atoms with Crippen LogP contribution in [0.5, 0.6) is 0 Å². The molecule has 0 aliphatic carbocycles. The molecule has 0 unspecified atom stereocenters. The molecule has 3 aromatic carbocycles. The van der Waals surface area contributed by atoms with Gasteiger partial charge in [-0.1, -0.05) is 41.4 Å². The molecule has 1 amide bonds. The Kier molecular flexibility index (Phi) is 5.57. The van der Waals surface area contributed by atoms with Gasteiger partial charge in [-0.05, 0) is 55.8 Å². The summed E-state index contributed by atoms with van der Waals surface area (Å²) in [6, 6.07) is 16.6. The Morgan fingerprint density at radius 1 is 1.10 bits per heavy atom. The Balaban J connectivity index is 1.78. The first kappa shape index (κ1) is 20.8. The molecule has 0 spiro atoms. The van der Waals surface area contributed by atoms with Crippen molar-refractivity contribution in [3.05, 3.63) is 93.1 Å². The van der Waals surface area contributed by atoms with Crippen molar-refractivity contribution < 1.29 is 9.18 Å². The van der Waals surface area contributed by atoms with Crippen LogP contribution in [-0.2, 0) is 11.3 Å². The highest BCUT2D eigenvalue weighted by Gasteiger charge is 2.17. The van der Waals surface area contributed by atoms with Crippen molar-refractivity contribution in [2.45, 2.75) is 20.4 Å². The van der Waals surface area contributed by atoms with Gasteiger partial charge in [-0.25, -0.2) is 9.18 Å². The average Bonchev–Trinajstić information content (AvgIpc) is 2.72. The molecule has 0 aliphatic rings. The maximum absolute atomic E-state index is 14.4. The van der Waals surface area contributed by atoms with Crippen LogP contribution in [0.15, 0.2) is 65.5 Å². The fourth-order valence-corrected chi connectivity index (χ4v) is 3.72. The highest BCUT2D eigenvalue weighted by atomic mass is 35.5. The highest BCUT2D eigenvalue weighted by molar-refractivity contribution is 6.31. The first-order valence-electron chi connectivity index (χ1n) is 9.65. The number of halogens is 2. The highest BCUT2D eigenvalue weighted by Crippen LogP contribution is 2.29. The lowest BCUT2D eigenvalue weighted by Gasteiger charge is -2.14. The number of hydrogen-bond donors (Lipinski definition) is 1. The van der Waals surface area contributed by atoms with Crippen molar-refractivity contribution in [3.8, 4) is 11.3 Å². The van der Waals surface area contributed by atoms with E-state index in [1.165, 1.54) is 10.6 Å². The van der Waals surface area contributed by atoms with Gasteiger partial charge in [-0.3, -0.25) is 9.36 Å². The van der Waals surface area contributed by atoms with Crippen LogP contribution in [0.4, 0.5) is 10.1 Å². The lowest BCUT2D eigenvalue weighted by molar-refractivity contribution is -0.116. The van der Waals surface area contributed by atoms with E-state index in [0.29, 0.717) is 21.6 Å². The van der Waals surface area contributed by atoms with Gasteiger partial charge in [0.15, 0.2) is 0 Å². The predicted octanol–water partition coefficient (Wildman–Crippen LogP) is 5.11. The smallest absolute Gasteiger partial charge is 0.324 e. The molecule has 0 radical (unpaired) electrons. The maximum Gasteiger partial charge on any atom is 0.349 e. The number of nitrogens with one attached hydrogen (secondary N) is 1. The van der Waals surface area contributed by atoms with E-state index in [1.807, 2.05) is 32.0 Å². The summed E-state index contributed by atoms with van der Waals surface area (Å²) in [5, 5.41) is 3.73. The van der Waals surface area contributed by atoms with Gasteiger partial charge in [-0.15, -0.1) is 0 Å². The van der Waals surface area contributed by atoms with Crippen LogP contribution in [0, 0.1) is 19.7 Å². The minimum atomic E-state index is -0.649. The number of carbonyl (C=O) groups is 1. The summed E-state index contributed by atoms with van der Waals surface area (Å²) >= 11 is 6.17. The monoisotopic (exact) mass is 435 g/mol.